The van der Waals surface area contributed by atoms with Crippen LogP contribution < -0.4 is 33.5 Å². The van der Waals surface area contributed by atoms with E-state index in [1.54, 1.807) is 24.3 Å². The Morgan fingerprint density at radius 3 is 2.35 bits per heavy atom. The standard InChI is InChI=1S/C30H32F2N8O6.C2H6/c1-17(41)19-8-6-18(7-9-19)15-36-27(44)25(42)23(4-2-12-35-28(33)34)37-26(43)24-5-3-13-39-29(45)38(30(46)40(24)39)16-20-14-21(31)10-11-22(20)32;1-2/h3,5-11,14,23-24H,2,4,12-13,15-16H2,1H3,(H,36,44)(H,37,43)(H4,33,34,35);1-2H3. The largest absolute Gasteiger partial charge is 0.370 e. The molecule has 0 bridgehead atoms. The minimum atomic E-state index is -1.41. The maximum absolute atomic E-state index is 14.3. The third-order valence-electron chi connectivity index (χ3n) is 7.22. The molecule has 2 unspecified atom stereocenters. The Labute approximate surface area is 274 Å². The Morgan fingerprint density at radius 1 is 1.02 bits per heavy atom. The Hall–Kier alpha value is -5.67. The number of hydrogen-bond acceptors (Lipinski definition) is 7. The molecule has 48 heavy (non-hydrogen) atoms. The summed E-state index contributed by atoms with van der Waals surface area (Å²) >= 11 is 0. The summed E-state index contributed by atoms with van der Waals surface area (Å²) in [6.07, 6.45) is 2.93. The van der Waals surface area contributed by atoms with Crippen LogP contribution in [0, 0.1) is 11.6 Å². The molecule has 4 rings (SSSR count). The number of amides is 2. The first kappa shape index (κ1) is 36.8. The van der Waals surface area contributed by atoms with Gasteiger partial charge in [0.15, 0.2) is 17.8 Å². The van der Waals surface area contributed by atoms with E-state index in [-0.39, 0.29) is 49.8 Å². The van der Waals surface area contributed by atoms with Crippen molar-refractivity contribution in [2.24, 2.45) is 16.5 Å². The summed E-state index contributed by atoms with van der Waals surface area (Å²) in [6.45, 7) is 4.79. The van der Waals surface area contributed by atoms with E-state index >= 15 is 0 Å². The van der Waals surface area contributed by atoms with Crippen LogP contribution in [0.3, 0.4) is 0 Å². The number of carbonyl (C=O) groups excluding carboxylic acids is 4. The zero-order valence-corrected chi connectivity index (χ0v) is 26.7. The van der Waals surface area contributed by atoms with Crippen LogP contribution in [0.2, 0.25) is 0 Å². The third kappa shape index (κ3) is 8.98. The number of rotatable bonds is 13. The van der Waals surface area contributed by atoms with Crippen molar-refractivity contribution < 1.29 is 28.0 Å². The number of Topliss-reactive ketones (excluding diaryl/α,β-unsaturated/α-hetero) is 2. The maximum Gasteiger partial charge on any atom is 0.348 e. The fourth-order valence-corrected chi connectivity index (χ4v) is 4.83. The zero-order chi connectivity index (χ0) is 35.5. The molecule has 14 nitrogen and oxygen atoms in total. The molecule has 2 heterocycles. The van der Waals surface area contributed by atoms with Crippen LogP contribution >= 0.6 is 0 Å². The van der Waals surface area contributed by atoms with Crippen molar-refractivity contribution in [1.29, 1.82) is 0 Å². The first-order chi connectivity index (χ1) is 22.9. The number of ketones is 2. The summed E-state index contributed by atoms with van der Waals surface area (Å²) in [5.41, 5.74) is 9.72. The van der Waals surface area contributed by atoms with Crippen molar-refractivity contribution in [1.82, 2.24) is 24.6 Å². The second kappa shape index (κ2) is 16.8. The molecule has 6 N–H and O–H groups in total. The van der Waals surface area contributed by atoms with Gasteiger partial charge in [0.2, 0.25) is 11.7 Å². The molecule has 2 aromatic carbocycles. The van der Waals surface area contributed by atoms with Crippen molar-refractivity contribution in [3.05, 3.63) is 104 Å². The van der Waals surface area contributed by atoms with Crippen LogP contribution in [0.15, 0.2) is 69.2 Å². The molecule has 0 saturated carbocycles. The van der Waals surface area contributed by atoms with Gasteiger partial charge in [0.1, 0.15) is 11.6 Å². The van der Waals surface area contributed by atoms with Gasteiger partial charge in [-0.05, 0) is 43.5 Å². The number of nitrogens with two attached hydrogens (primary N) is 2. The maximum atomic E-state index is 14.3. The van der Waals surface area contributed by atoms with Crippen LogP contribution in [0.4, 0.5) is 8.78 Å². The number of halogens is 2. The number of aromatic nitrogens is 3. The number of fused-ring (bicyclic) bond motifs is 1. The second-order valence-corrected chi connectivity index (χ2v) is 10.5. The van der Waals surface area contributed by atoms with Crippen molar-refractivity contribution >= 4 is 29.3 Å². The van der Waals surface area contributed by atoms with Gasteiger partial charge >= 0.3 is 11.4 Å². The minimum absolute atomic E-state index is 0.0378. The van der Waals surface area contributed by atoms with E-state index in [0.29, 0.717) is 15.7 Å². The van der Waals surface area contributed by atoms with E-state index in [1.807, 2.05) is 13.8 Å². The van der Waals surface area contributed by atoms with E-state index in [0.717, 1.165) is 27.6 Å². The van der Waals surface area contributed by atoms with Gasteiger partial charge in [-0.25, -0.2) is 32.3 Å². The highest BCUT2D eigenvalue weighted by molar-refractivity contribution is 6.38. The third-order valence-corrected chi connectivity index (χ3v) is 7.22. The van der Waals surface area contributed by atoms with Gasteiger partial charge in [-0.15, -0.1) is 0 Å². The van der Waals surface area contributed by atoms with E-state index < -0.39 is 59.2 Å². The average molecular weight is 669 g/mol. The Balaban J connectivity index is 0.00000307. The number of aliphatic imine (C=N–C) groups is 1. The predicted molar refractivity (Wildman–Crippen MR) is 173 cm³/mol. The van der Waals surface area contributed by atoms with Gasteiger partial charge in [0, 0.05) is 24.2 Å². The smallest absolute Gasteiger partial charge is 0.348 e. The average Bonchev–Trinajstić information content (AvgIpc) is 3.31. The van der Waals surface area contributed by atoms with Crippen molar-refractivity contribution in [3.8, 4) is 0 Å². The van der Waals surface area contributed by atoms with Crippen molar-refractivity contribution in [2.75, 3.05) is 6.54 Å². The molecule has 0 fully saturated rings. The highest BCUT2D eigenvalue weighted by Crippen LogP contribution is 2.14. The van der Waals surface area contributed by atoms with Crippen molar-refractivity contribution in [3.63, 3.8) is 0 Å². The monoisotopic (exact) mass is 668 g/mol. The van der Waals surface area contributed by atoms with Gasteiger partial charge in [-0.3, -0.25) is 24.2 Å². The van der Waals surface area contributed by atoms with Gasteiger partial charge in [0.05, 0.1) is 19.1 Å². The fourth-order valence-electron chi connectivity index (χ4n) is 4.83. The molecule has 256 valence electrons. The number of carbonyl (C=O) groups is 4. The molecular formula is C32H38F2N8O6. The normalized spacial score (nSPS) is 13.7. The van der Waals surface area contributed by atoms with E-state index in [9.17, 15) is 37.5 Å². The molecular weight excluding hydrogens is 630 g/mol. The minimum Gasteiger partial charge on any atom is -0.370 e. The molecule has 0 saturated heterocycles. The summed E-state index contributed by atoms with van der Waals surface area (Å²) in [7, 11) is 0. The van der Waals surface area contributed by atoms with Gasteiger partial charge in [-0.1, -0.05) is 50.3 Å². The van der Waals surface area contributed by atoms with E-state index in [2.05, 4.69) is 15.6 Å². The fraction of sp³-hybridized carbons (Fsp3) is 0.344. The lowest BCUT2D eigenvalue weighted by molar-refractivity contribution is -0.140. The lowest BCUT2D eigenvalue weighted by Crippen LogP contribution is -2.50. The quantitative estimate of drug-likeness (QED) is 0.0513. The van der Waals surface area contributed by atoms with E-state index in [1.165, 1.54) is 19.1 Å². The van der Waals surface area contributed by atoms with Crippen LogP contribution in [0.25, 0.3) is 0 Å². The molecule has 3 aromatic rings. The number of nitrogens with one attached hydrogen (secondary N) is 2. The highest BCUT2D eigenvalue weighted by Gasteiger charge is 2.33. The van der Waals surface area contributed by atoms with Gasteiger partial charge in [0.25, 0.3) is 5.91 Å². The van der Waals surface area contributed by atoms with Crippen LogP contribution in [0.1, 0.15) is 61.1 Å². The molecule has 2 amide bonds. The number of guanidine groups is 1. The van der Waals surface area contributed by atoms with Crippen LogP contribution in [-0.2, 0) is 34.0 Å². The lowest BCUT2D eigenvalue weighted by Gasteiger charge is -2.23. The molecule has 2 atom stereocenters. The summed E-state index contributed by atoms with van der Waals surface area (Å²) in [6, 6.07) is 6.25. The Morgan fingerprint density at radius 2 is 1.71 bits per heavy atom. The summed E-state index contributed by atoms with van der Waals surface area (Å²) in [5.74, 6) is -4.78. The highest BCUT2D eigenvalue weighted by atomic mass is 19.1. The molecule has 16 heteroatoms. The van der Waals surface area contributed by atoms with Crippen molar-refractivity contribution in [2.45, 2.75) is 65.3 Å². The molecule has 0 radical (unpaired) electrons. The summed E-state index contributed by atoms with van der Waals surface area (Å²) in [4.78, 5) is 81.3. The van der Waals surface area contributed by atoms with Gasteiger partial charge in [-0.2, -0.15) is 0 Å². The first-order valence-corrected chi connectivity index (χ1v) is 15.2. The topological polar surface area (TPSA) is 206 Å². The van der Waals surface area contributed by atoms with Crippen LogP contribution in [-0.4, -0.2) is 55.9 Å². The Kier molecular flexibility index (Phi) is 12.8. The second-order valence-electron chi connectivity index (χ2n) is 10.5. The van der Waals surface area contributed by atoms with Gasteiger partial charge < -0.3 is 22.1 Å². The van der Waals surface area contributed by atoms with E-state index in [4.69, 9.17) is 11.5 Å². The summed E-state index contributed by atoms with van der Waals surface area (Å²) in [5, 5.41) is 4.98. The molecule has 1 aromatic heterocycles. The van der Waals surface area contributed by atoms with Crippen LogP contribution in [0.5, 0.6) is 0 Å². The Bertz CT molecular complexity index is 1840. The number of allylic oxidation sites excluding steroid dienone is 1. The SMILES string of the molecule is CC.CC(=O)c1ccc(CNC(=O)C(=O)C(CCCN=C(N)N)NC(=O)C2C=CCn3c(=O)n(Cc4cc(F)ccc4F)c(=O)n32)cc1. The lowest BCUT2D eigenvalue weighted by atomic mass is 10.0. The molecule has 0 aliphatic carbocycles. The summed E-state index contributed by atoms with van der Waals surface area (Å²) < 4.78 is 30.5. The number of hydrogen-bond donors (Lipinski definition) is 4. The predicted octanol–water partition coefficient (Wildman–Crippen LogP) is 0.902. The molecule has 1 aliphatic heterocycles. The number of benzene rings is 2. The number of nitrogens with zero attached hydrogens (tertiary/aromatic N) is 4. The molecule has 1 aliphatic rings. The zero-order valence-electron chi connectivity index (χ0n) is 26.7. The first-order valence-electron chi connectivity index (χ1n) is 15.2. The molecule has 0 spiro atoms.